The summed E-state index contributed by atoms with van der Waals surface area (Å²) in [5.74, 6) is -0.315. The van der Waals surface area contributed by atoms with E-state index in [1.54, 1.807) is 23.1 Å². The molecule has 1 amide bonds. The first-order chi connectivity index (χ1) is 8.60. The maximum atomic E-state index is 12.0. The van der Waals surface area contributed by atoms with Gasteiger partial charge in [0.15, 0.2) is 0 Å². The quantitative estimate of drug-likeness (QED) is 0.881. The van der Waals surface area contributed by atoms with Crippen LogP contribution in [-0.4, -0.2) is 20.7 Å². The Kier molecular flexibility index (Phi) is 3.98. The monoisotopic (exact) mass is 328 g/mol. The van der Waals surface area contributed by atoms with Gasteiger partial charge in [-0.1, -0.05) is 11.6 Å². The van der Waals surface area contributed by atoms with E-state index in [4.69, 9.17) is 11.6 Å². The highest BCUT2D eigenvalue weighted by Crippen LogP contribution is 2.19. The van der Waals surface area contributed by atoms with Crippen molar-refractivity contribution in [2.75, 3.05) is 5.32 Å². The van der Waals surface area contributed by atoms with E-state index >= 15 is 0 Å². The highest BCUT2D eigenvalue weighted by molar-refractivity contribution is 9.10. The number of rotatable bonds is 3. The van der Waals surface area contributed by atoms with Gasteiger partial charge in [-0.3, -0.25) is 9.48 Å². The van der Waals surface area contributed by atoms with Crippen molar-refractivity contribution in [2.24, 2.45) is 0 Å². The Labute approximate surface area is 117 Å². The molecule has 94 valence electrons. The number of hydrogen-bond donors (Lipinski definition) is 1. The van der Waals surface area contributed by atoms with Crippen LogP contribution in [-0.2, 0) is 6.54 Å². The third kappa shape index (κ3) is 2.88. The molecule has 0 aliphatic heterocycles. The number of halogens is 2. The fourth-order valence-corrected chi connectivity index (χ4v) is 1.90. The summed E-state index contributed by atoms with van der Waals surface area (Å²) in [5, 5.41) is 6.94. The van der Waals surface area contributed by atoms with Gasteiger partial charge in [0.2, 0.25) is 0 Å². The number of nitrogens with zero attached hydrogens (tertiary/aromatic N) is 3. The van der Waals surface area contributed by atoms with Crippen LogP contribution in [0, 0.1) is 0 Å². The van der Waals surface area contributed by atoms with Gasteiger partial charge in [-0.05, 0) is 28.9 Å². The van der Waals surface area contributed by atoms with Gasteiger partial charge in [0, 0.05) is 23.4 Å². The lowest BCUT2D eigenvalue weighted by atomic mass is 10.2. The van der Waals surface area contributed by atoms with Crippen molar-refractivity contribution in [3.63, 3.8) is 0 Å². The third-order valence-electron chi connectivity index (χ3n) is 2.27. The highest BCUT2D eigenvalue weighted by atomic mass is 79.9. The van der Waals surface area contributed by atoms with Gasteiger partial charge in [0.1, 0.15) is 5.15 Å². The molecule has 2 rings (SSSR count). The van der Waals surface area contributed by atoms with Crippen molar-refractivity contribution < 1.29 is 4.79 Å². The van der Waals surface area contributed by atoms with Crippen molar-refractivity contribution in [3.8, 4) is 0 Å². The summed E-state index contributed by atoms with van der Waals surface area (Å²) >= 11 is 9.12. The summed E-state index contributed by atoms with van der Waals surface area (Å²) in [5.41, 5.74) is 0.938. The number of carbonyl (C=O) groups excluding carboxylic acids is 1. The molecule has 7 heteroatoms. The normalized spacial score (nSPS) is 10.4. The van der Waals surface area contributed by atoms with Crippen molar-refractivity contribution in [1.29, 1.82) is 0 Å². The van der Waals surface area contributed by atoms with Crippen LogP contribution in [0.3, 0.4) is 0 Å². The smallest absolute Gasteiger partial charge is 0.258 e. The molecule has 0 saturated carbocycles. The number of aromatic nitrogens is 3. The summed E-state index contributed by atoms with van der Waals surface area (Å²) in [6.07, 6.45) is 4.87. The van der Waals surface area contributed by atoms with Crippen LogP contribution in [0.15, 0.2) is 29.1 Å². The Balaban J connectivity index is 2.19. The van der Waals surface area contributed by atoms with Crippen molar-refractivity contribution in [3.05, 3.63) is 39.8 Å². The second-order valence-electron chi connectivity index (χ2n) is 3.53. The number of carbonyl (C=O) groups is 1. The summed E-state index contributed by atoms with van der Waals surface area (Å²) in [6, 6.07) is 1.62. The van der Waals surface area contributed by atoms with Crippen molar-refractivity contribution in [2.45, 2.75) is 13.5 Å². The number of pyridine rings is 1. The molecule has 0 bridgehead atoms. The molecule has 0 unspecified atom stereocenters. The van der Waals surface area contributed by atoms with Crippen molar-refractivity contribution >= 4 is 39.1 Å². The van der Waals surface area contributed by atoms with Gasteiger partial charge in [0.05, 0.1) is 17.4 Å². The van der Waals surface area contributed by atoms with E-state index in [0.717, 1.165) is 6.54 Å². The molecule has 0 aliphatic carbocycles. The van der Waals surface area contributed by atoms with Crippen LogP contribution in [0.2, 0.25) is 5.15 Å². The van der Waals surface area contributed by atoms with Gasteiger partial charge < -0.3 is 5.32 Å². The average Bonchev–Trinajstić information content (AvgIpc) is 2.80. The first-order valence-electron chi connectivity index (χ1n) is 5.25. The summed E-state index contributed by atoms with van der Waals surface area (Å²) < 4.78 is 2.41. The minimum atomic E-state index is -0.315. The van der Waals surface area contributed by atoms with Crippen LogP contribution >= 0.6 is 27.5 Å². The average molecular weight is 330 g/mol. The number of anilines is 1. The second kappa shape index (κ2) is 5.49. The molecule has 2 aromatic rings. The first kappa shape index (κ1) is 13.0. The molecular weight excluding hydrogens is 320 g/mol. The minimum Gasteiger partial charge on any atom is -0.319 e. The maximum absolute atomic E-state index is 12.0. The molecular formula is C11H10BrClN4O. The molecule has 0 spiro atoms. The lowest BCUT2D eigenvalue weighted by molar-refractivity contribution is 0.102. The molecule has 0 saturated heterocycles. The minimum absolute atomic E-state index is 0.165. The molecule has 0 aromatic carbocycles. The fourth-order valence-electron chi connectivity index (χ4n) is 1.38. The van der Waals surface area contributed by atoms with E-state index in [1.807, 2.05) is 6.92 Å². The van der Waals surface area contributed by atoms with E-state index in [0.29, 0.717) is 15.7 Å². The van der Waals surface area contributed by atoms with E-state index in [1.165, 1.54) is 6.20 Å². The molecule has 0 aliphatic rings. The van der Waals surface area contributed by atoms with Crippen LogP contribution < -0.4 is 5.32 Å². The topological polar surface area (TPSA) is 59.8 Å². The Morgan fingerprint density at radius 1 is 1.56 bits per heavy atom. The number of nitrogens with one attached hydrogen (secondary N) is 1. The lowest BCUT2D eigenvalue weighted by Crippen LogP contribution is -2.12. The zero-order valence-electron chi connectivity index (χ0n) is 9.52. The van der Waals surface area contributed by atoms with E-state index < -0.39 is 0 Å². The van der Waals surface area contributed by atoms with Crippen LogP contribution in [0.25, 0.3) is 0 Å². The first-order valence-corrected chi connectivity index (χ1v) is 6.42. The summed E-state index contributed by atoms with van der Waals surface area (Å²) in [6.45, 7) is 2.71. The van der Waals surface area contributed by atoms with Crippen LogP contribution in [0.1, 0.15) is 17.3 Å². The predicted molar refractivity (Wildman–Crippen MR) is 72.8 cm³/mol. The molecule has 2 aromatic heterocycles. The zero-order valence-corrected chi connectivity index (χ0v) is 11.9. The molecule has 0 radical (unpaired) electrons. The van der Waals surface area contributed by atoms with Crippen LogP contribution in [0.5, 0.6) is 0 Å². The second-order valence-corrected chi connectivity index (χ2v) is 4.80. The van der Waals surface area contributed by atoms with Crippen molar-refractivity contribution in [1.82, 2.24) is 14.8 Å². The maximum Gasteiger partial charge on any atom is 0.258 e. The van der Waals surface area contributed by atoms with E-state index in [2.05, 4.69) is 31.3 Å². The molecule has 1 N–H and O–H groups in total. The SMILES string of the molecule is CCn1cc(NC(=O)c2cc(Br)cnc2Cl)cn1. The number of aryl methyl sites for hydroxylation is 1. The van der Waals surface area contributed by atoms with E-state index in [9.17, 15) is 4.79 Å². The molecule has 0 fully saturated rings. The fraction of sp³-hybridized carbons (Fsp3) is 0.182. The van der Waals surface area contributed by atoms with Gasteiger partial charge in [0.25, 0.3) is 5.91 Å². The zero-order chi connectivity index (χ0) is 13.1. The van der Waals surface area contributed by atoms with Gasteiger partial charge in [-0.2, -0.15) is 5.10 Å². The Bertz CT molecular complexity index is 584. The summed E-state index contributed by atoms with van der Waals surface area (Å²) in [7, 11) is 0. The Morgan fingerprint density at radius 2 is 2.33 bits per heavy atom. The number of amides is 1. The lowest BCUT2D eigenvalue weighted by Gasteiger charge is -2.04. The predicted octanol–water partition coefficient (Wildman–Crippen LogP) is 2.97. The number of hydrogen-bond acceptors (Lipinski definition) is 3. The summed E-state index contributed by atoms with van der Waals surface area (Å²) in [4.78, 5) is 15.9. The van der Waals surface area contributed by atoms with Gasteiger partial charge >= 0.3 is 0 Å². The Morgan fingerprint density at radius 3 is 3.00 bits per heavy atom. The molecule has 0 atom stereocenters. The van der Waals surface area contributed by atoms with E-state index in [-0.39, 0.29) is 11.1 Å². The van der Waals surface area contributed by atoms with Gasteiger partial charge in [-0.15, -0.1) is 0 Å². The highest BCUT2D eigenvalue weighted by Gasteiger charge is 2.13. The van der Waals surface area contributed by atoms with Crippen LogP contribution in [0.4, 0.5) is 5.69 Å². The Hall–Kier alpha value is -1.40. The molecule has 18 heavy (non-hydrogen) atoms. The molecule has 2 heterocycles. The van der Waals surface area contributed by atoms with Gasteiger partial charge in [-0.25, -0.2) is 4.98 Å². The third-order valence-corrected chi connectivity index (χ3v) is 3.00. The standard InChI is InChI=1S/C11H10BrClN4O/c1-2-17-6-8(5-15-17)16-11(18)9-3-7(12)4-14-10(9)13/h3-6H,2H2,1H3,(H,16,18). The molecule has 5 nitrogen and oxygen atoms in total. The largest absolute Gasteiger partial charge is 0.319 e.